The summed E-state index contributed by atoms with van der Waals surface area (Å²) in [7, 11) is 1.88. The zero-order valence-corrected chi connectivity index (χ0v) is 13.9. The maximum absolute atomic E-state index is 12.0. The van der Waals surface area contributed by atoms with Gasteiger partial charge in [0.15, 0.2) is 0 Å². The van der Waals surface area contributed by atoms with Crippen LogP contribution in [0.1, 0.15) is 18.2 Å². The SMILES string of the molecule is CC(=O)N1CCc2cc(NC(=O)NCCc3ccnn3C)ccc21. The number of carbonyl (C=O) groups excluding carboxylic acids is 2. The van der Waals surface area contributed by atoms with E-state index < -0.39 is 0 Å². The van der Waals surface area contributed by atoms with Crippen LogP contribution in [0.5, 0.6) is 0 Å². The van der Waals surface area contributed by atoms with Crippen LogP contribution in [-0.2, 0) is 24.7 Å². The van der Waals surface area contributed by atoms with Gasteiger partial charge in [0, 0.05) is 56.7 Å². The highest BCUT2D eigenvalue weighted by Crippen LogP contribution is 2.30. The van der Waals surface area contributed by atoms with Gasteiger partial charge in [0.25, 0.3) is 0 Å². The summed E-state index contributed by atoms with van der Waals surface area (Å²) in [4.78, 5) is 25.3. The van der Waals surface area contributed by atoms with Gasteiger partial charge in [0.05, 0.1) is 0 Å². The molecule has 0 fully saturated rings. The molecule has 1 aromatic carbocycles. The Labute approximate surface area is 140 Å². The molecule has 0 aliphatic carbocycles. The molecule has 1 aliphatic rings. The number of hydrogen-bond donors (Lipinski definition) is 2. The molecule has 0 spiro atoms. The first-order chi connectivity index (χ1) is 11.5. The Morgan fingerprint density at radius 1 is 1.29 bits per heavy atom. The average molecular weight is 327 g/mol. The second-order valence-electron chi connectivity index (χ2n) is 5.84. The molecule has 2 heterocycles. The van der Waals surface area contributed by atoms with Crippen LogP contribution in [0.4, 0.5) is 16.2 Å². The summed E-state index contributed by atoms with van der Waals surface area (Å²) in [6.07, 6.45) is 3.28. The van der Waals surface area contributed by atoms with Crippen molar-refractivity contribution in [1.29, 1.82) is 0 Å². The van der Waals surface area contributed by atoms with E-state index >= 15 is 0 Å². The fraction of sp³-hybridized carbons (Fsp3) is 0.353. The van der Waals surface area contributed by atoms with Crippen molar-refractivity contribution in [3.05, 3.63) is 41.7 Å². The van der Waals surface area contributed by atoms with E-state index in [1.54, 1.807) is 22.7 Å². The van der Waals surface area contributed by atoms with Gasteiger partial charge in [-0.05, 0) is 36.2 Å². The van der Waals surface area contributed by atoms with Gasteiger partial charge in [-0.3, -0.25) is 9.48 Å². The molecule has 7 nitrogen and oxygen atoms in total. The summed E-state index contributed by atoms with van der Waals surface area (Å²) in [5, 5.41) is 9.76. The standard InChI is InChI=1S/C17H21N5O2/c1-12(23)22-10-7-13-11-14(3-4-16(13)22)20-17(24)18-8-5-15-6-9-19-21(15)2/h3-4,6,9,11H,5,7-8,10H2,1-2H3,(H2,18,20,24). The van der Waals surface area contributed by atoms with Crippen molar-refractivity contribution >= 4 is 23.3 Å². The van der Waals surface area contributed by atoms with E-state index in [4.69, 9.17) is 0 Å². The Hall–Kier alpha value is -2.83. The highest BCUT2D eigenvalue weighted by atomic mass is 16.2. The highest BCUT2D eigenvalue weighted by molar-refractivity contribution is 5.95. The first kappa shape index (κ1) is 16.0. The number of amides is 3. The minimum atomic E-state index is -0.237. The van der Waals surface area contributed by atoms with Crippen molar-refractivity contribution in [1.82, 2.24) is 15.1 Å². The summed E-state index contributed by atoms with van der Waals surface area (Å²) >= 11 is 0. The maximum atomic E-state index is 12.0. The number of nitrogens with one attached hydrogen (secondary N) is 2. The lowest BCUT2D eigenvalue weighted by atomic mass is 10.1. The summed E-state index contributed by atoms with van der Waals surface area (Å²) in [5.41, 5.74) is 3.82. The topological polar surface area (TPSA) is 79.3 Å². The Morgan fingerprint density at radius 3 is 2.83 bits per heavy atom. The number of nitrogens with zero attached hydrogens (tertiary/aromatic N) is 3. The van der Waals surface area contributed by atoms with Crippen molar-refractivity contribution in [3.8, 4) is 0 Å². The fourth-order valence-corrected chi connectivity index (χ4v) is 2.93. The lowest BCUT2D eigenvalue weighted by molar-refractivity contribution is -0.116. The van der Waals surface area contributed by atoms with Gasteiger partial charge in [-0.2, -0.15) is 5.10 Å². The first-order valence-corrected chi connectivity index (χ1v) is 7.97. The number of aryl methyl sites for hydroxylation is 1. The summed E-state index contributed by atoms with van der Waals surface area (Å²) in [6, 6.07) is 7.33. The van der Waals surface area contributed by atoms with Crippen molar-refractivity contribution in [2.45, 2.75) is 19.8 Å². The van der Waals surface area contributed by atoms with E-state index in [0.717, 1.165) is 35.5 Å². The third kappa shape index (κ3) is 3.40. The van der Waals surface area contributed by atoms with E-state index in [0.29, 0.717) is 13.1 Å². The van der Waals surface area contributed by atoms with Gasteiger partial charge in [-0.1, -0.05) is 0 Å². The molecule has 0 radical (unpaired) electrons. The Balaban J connectivity index is 1.54. The van der Waals surface area contributed by atoms with E-state index in [2.05, 4.69) is 15.7 Å². The molecule has 0 unspecified atom stereocenters. The molecule has 0 atom stereocenters. The normalized spacial score (nSPS) is 12.8. The second kappa shape index (κ2) is 6.74. The number of carbonyl (C=O) groups is 2. The zero-order chi connectivity index (χ0) is 17.1. The predicted molar refractivity (Wildman–Crippen MR) is 92.1 cm³/mol. The van der Waals surface area contributed by atoms with Crippen LogP contribution in [0.2, 0.25) is 0 Å². The summed E-state index contributed by atoms with van der Waals surface area (Å²) < 4.78 is 1.79. The van der Waals surface area contributed by atoms with Crippen LogP contribution in [-0.4, -0.2) is 34.8 Å². The third-order valence-corrected chi connectivity index (χ3v) is 4.20. The maximum Gasteiger partial charge on any atom is 0.319 e. The van der Waals surface area contributed by atoms with Gasteiger partial charge in [0.2, 0.25) is 5.91 Å². The minimum Gasteiger partial charge on any atom is -0.337 e. The molecule has 0 saturated carbocycles. The molecule has 7 heteroatoms. The molecule has 2 N–H and O–H groups in total. The molecular formula is C17H21N5O2. The van der Waals surface area contributed by atoms with Gasteiger partial charge in [-0.25, -0.2) is 4.79 Å². The van der Waals surface area contributed by atoms with Gasteiger partial charge < -0.3 is 15.5 Å². The average Bonchev–Trinajstić information content (AvgIpc) is 3.13. The van der Waals surface area contributed by atoms with E-state index in [-0.39, 0.29) is 11.9 Å². The number of aromatic nitrogens is 2. The highest BCUT2D eigenvalue weighted by Gasteiger charge is 2.22. The van der Waals surface area contributed by atoms with Crippen molar-refractivity contribution in [3.63, 3.8) is 0 Å². The number of fused-ring (bicyclic) bond motifs is 1. The van der Waals surface area contributed by atoms with Crippen molar-refractivity contribution in [2.75, 3.05) is 23.3 Å². The Bertz CT molecular complexity index is 768. The first-order valence-electron chi connectivity index (χ1n) is 7.97. The van der Waals surface area contributed by atoms with Gasteiger partial charge in [-0.15, -0.1) is 0 Å². The fourth-order valence-electron chi connectivity index (χ4n) is 2.93. The number of hydrogen-bond acceptors (Lipinski definition) is 3. The lowest BCUT2D eigenvalue weighted by Crippen LogP contribution is -2.30. The van der Waals surface area contributed by atoms with Gasteiger partial charge in [0.1, 0.15) is 0 Å². The molecule has 0 saturated heterocycles. The third-order valence-electron chi connectivity index (χ3n) is 4.20. The molecule has 1 aliphatic heterocycles. The summed E-state index contributed by atoms with van der Waals surface area (Å²) in [6.45, 7) is 2.80. The monoisotopic (exact) mass is 327 g/mol. The molecule has 24 heavy (non-hydrogen) atoms. The van der Waals surface area contributed by atoms with E-state index in [1.165, 1.54) is 0 Å². The minimum absolute atomic E-state index is 0.0439. The van der Waals surface area contributed by atoms with Crippen LogP contribution in [0.15, 0.2) is 30.5 Å². The molecule has 0 bridgehead atoms. The lowest BCUT2D eigenvalue weighted by Gasteiger charge is -2.15. The molecule has 3 amide bonds. The van der Waals surface area contributed by atoms with E-state index in [1.807, 2.05) is 31.3 Å². The quantitative estimate of drug-likeness (QED) is 0.897. The van der Waals surface area contributed by atoms with Crippen LogP contribution < -0.4 is 15.5 Å². The van der Waals surface area contributed by atoms with Gasteiger partial charge >= 0.3 is 6.03 Å². The number of rotatable bonds is 4. The number of anilines is 2. The van der Waals surface area contributed by atoms with Crippen molar-refractivity contribution < 1.29 is 9.59 Å². The van der Waals surface area contributed by atoms with Crippen molar-refractivity contribution in [2.24, 2.45) is 7.05 Å². The molecule has 1 aromatic heterocycles. The Kier molecular flexibility index (Phi) is 4.50. The largest absolute Gasteiger partial charge is 0.337 e. The van der Waals surface area contributed by atoms with Crippen LogP contribution in [0, 0.1) is 0 Å². The zero-order valence-electron chi connectivity index (χ0n) is 13.9. The second-order valence-corrected chi connectivity index (χ2v) is 5.84. The predicted octanol–water partition coefficient (Wildman–Crippen LogP) is 1.69. The summed E-state index contributed by atoms with van der Waals surface area (Å²) in [5.74, 6) is 0.0439. The van der Waals surface area contributed by atoms with Crippen LogP contribution >= 0.6 is 0 Å². The molecule has 3 rings (SSSR count). The van der Waals surface area contributed by atoms with Crippen LogP contribution in [0.25, 0.3) is 0 Å². The van der Waals surface area contributed by atoms with E-state index in [9.17, 15) is 9.59 Å². The number of benzene rings is 1. The molecular weight excluding hydrogens is 306 g/mol. The molecule has 2 aromatic rings. The number of urea groups is 1. The molecule has 126 valence electrons. The Morgan fingerprint density at radius 2 is 2.12 bits per heavy atom. The van der Waals surface area contributed by atoms with Crippen LogP contribution in [0.3, 0.4) is 0 Å². The smallest absolute Gasteiger partial charge is 0.319 e.